The molecule has 0 aliphatic rings. The number of rotatable bonds is 8. The minimum absolute atomic E-state index is 0.119. The summed E-state index contributed by atoms with van der Waals surface area (Å²) in [5.74, 6) is -0.325. The largest absolute Gasteiger partial charge is 0.375 e. The zero-order chi connectivity index (χ0) is 19.8. The van der Waals surface area contributed by atoms with E-state index >= 15 is 0 Å². The number of hydrogen-bond donors (Lipinski definition) is 2. The second-order valence-electron chi connectivity index (χ2n) is 6.32. The molecule has 0 aromatic heterocycles. The van der Waals surface area contributed by atoms with E-state index in [0.717, 1.165) is 11.1 Å². The van der Waals surface area contributed by atoms with E-state index in [1.807, 2.05) is 60.7 Å². The number of nitro groups is 1. The van der Waals surface area contributed by atoms with Crippen molar-refractivity contribution in [2.45, 2.75) is 13.0 Å². The van der Waals surface area contributed by atoms with Crippen LogP contribution >= 0.6 is 0 Å². The lowest BCUT2D eigenvalue weighted by atomic mass is 10.1. The lowest BCUT2D eigenvalue weighted by Gasteiger charge is -2.09. The van der Waals surface area contributed by atoms with E-state index < -0.39 is 4.92 Å². The minimum Gasteiger partial charge on any atom is -0.375 e. The Hall–Kier alpha value is -3.67. The Balaban J connectivity index is 1.64. The van der Waals surface area contributed by atoms with E-state index in [9.17, 15) is 14.9 Å². The van der Waals surface area contributed by atoms with E-state index in [2.05, 4.69) is 10.6 Å². The molecule has 142 valence electrons. The first-order valence-electron chi connectivity index (χ1n) is 9.02. The standard InChI is InChI=1S/C22H21N3O3/c26-22(23-14-13-17-7-3-1-4-8-17)19-11-12-20(21(15-19)25(27)28)24-16-18-9-5-2-6-10-18/h1-12,15,24H,13-14,16H2,(H,23,26). The van der Waals surface area contributed by atoms with Gasteiger partial charge < -0.3 is 10.6 Å². The molecule has 3 rings (SSSR count). The highest BCUT2D eigenvalue weighted by Gasteiger charge is 2.17. The topological polar surface area (TPSA) is 84.3 Å². The predicted octanol–water partition coefficient (Wildman–Crippen LogP) is 4.18. The van der Waals surface area contributed by atoms with Gasteiger partial charge >= 0.3 is 0 Å². The molecule has 0 spiro atoms. The van der Waals surface area contributed by atoms with Crippen molar-refractivity contribution in [2.24, 2.45) is 0 Å². The zero-order valence-corrected chi connectivity index (χ0v) is 15.3. The number of benzene rings is 3. The van der Waals surface area contributed by atoms with Crippen molar-refractivity contribution in [1.82, 2.24) is 5.32 Å². The number of anilines is 1. The molecule has 0 fully saturated rings. The summed E-state index contributed by atoms with van der Waals surface area (Å²) in [5.41, 5.74) is 2.67. The Morgan fingerprint density at radius 1 is 0.893 bits per heavy atom. The normalized spacial score (nSPS) is 10.3. The van der Waals surface area contributed by atoms with Gasteiger partial charge in [0.15, 0.2) is 0 Å². The van der Waals surface area contributed by atoms with Crippen LogP contribution in [0.5, 0.6) is 0 Å². The third-order valence-electron chi connectivity index (χ3n) is 4.32. The third kappa shape index (κ3) is 5.17. The van der Waals surface area contributed by atoms with E-state index in [-0.39, 0.29) is 17.2 Å². The van der Waals surface area contributed by atoms with E-state index in [1.165, 1.54) is 6.07 Å². The van der Waals surface area contributed by atoms with Crippen LogP contribution in [-0.2, 0) is 13.0 Å². The molecule has 0 bridgehead atoms. The van der Waals surface area contributed by atoms with Crippen molar-refractivity contribution in [3.05, 3.63) is 106 Å². The second kappa shape index (κ2) is 9.32. The van der Waals surface area contributed by atoms with Crippen LogP contribution in [0.4, 0.5) is 11.4 Å². The summed E-state index contributed by atoms with van der Waals surface area (Å²) in [5, 5.41) is 17.3. The number of carbonyl (C=O) groups excluding carboxylic acids is 1. The highest BCUT2D eigenvalue weighted by Crippen LogP contribution is 2.26. The smallest absolute Gasteiger partial charge is 0.293 e. The van der Waals surface area contributed by atoms with Crippen molar-refractivity contribution in [2.75, 3.05) is 11.9 Å². The second-order valence-corrected chi connectivity index (χ2v) is 6.32. The van der Waals surface area contributed by atoms with Gasteiger partial charge in [-0.15, -0.1) is 0 Å². The predicted molar refractivity (Wildman–Crippen MR) is 109 cm³/mol. The Morgan fingerprint density at radius 2 is 1.54 bits per heavy atom. The molecule has 0 radical (unpaired) electrons. The highest BCUT2D eigenvalue weighted by molar-refractivity contribution is 5.95. The lowest BCUT2D eigenvalue weighted by Crippen LogP contribution is -2.25. The van der Waals surface area contributed by atoms with Crippen LogP contribution in [0.3, 0.4) is 0 Å². The molecule has 0 saturated carbocycles. The first-order valence-corrected chi connectivity index (χ1v) is 9.02. The molecule has 28 heavy (non-hydrogen) atoms. The Labute approximate surface area is 163 Å². The fourth-order valence-corrected chi connectivity index (χ4v) is 2.83. The fourth-order valence-electron chi connectivity index (χ4n) is 2.83. The van der Waals surface area contributed by atoms with E-state index in [4.69, 9.17) is 0 Å². The summed E-state index contributed by atoms with van der Waals surface area (Å²) in [4.78, 5) is 23.3. The molecule has 3 aromatic carbocycles. The molecule has 0 atom stereocenters. The van der Waals surface area contributed by atoms with Crippen molar-refractivity contribution in [1.29, 1.82) is 0 Å². The molecule has 2 N–H and O–H groups in total. The fraction of sp³-hybridized carbons (Fsp3) is 0.136. The van der Waals surface area contributed by atoms with Gasteiger partial charge in [-0.3, -0.25) is 14.9 Å². The molecule has 0 saturated heterocycles. The molecule has 6 heteroatoms. The molecule has 0 aliphatic carbocycles. The van der Waals surface area contributed by atoms with Gasteiger partial charge in [0.2, 0.25) is 0 Å². The molecule has 0 aliphatic heterocycles. The Bertz CT molecular complexity index is 944. The number of nitro benzene ring substituents is 1. The van der Waals surface area contributed by atoms with Gasteiger partial charge in [-0.2, -0.15) is 0 Å². The maximum absolute atomic E-state index is 12.3. The van der Waals surface area contributed by atoms with Gasteiger partial charge in [-0.05, 0) is 29.7 Å². The van der Waals surface area contributed by atoms with Crippen LogP contribution in [0.2, 0.25) is 0 Å². The van der Waals surface area contributed by atoms with Crippen LogP contribution in [-0.4, -0.2) is 17.4 Å². The van der Waals surface area contributed by atoms with E-state index in [1.54, 1.807) is 12.1 Å². The van der Waals surface area contributed by atoms with Gasteiger partial charge in [-0.25, -0.2) is 0 Å². The number of nitrogens with one attached hydrogen (secondary N) is 2. The molecule has 0 heterocycles. The van der Waals surface area contributed by atoms with Crippen LogP contribution in [0.25, 0.3) is 0 Å². The zero-order valence-electron chi connectivity index (χ0n) is 15.3. The average Bonchev–Trinajstić information content (AvgIpc) is 2.73. The summed E-state index contributed by atoms with van der Waals surface area (Å²) in [6.45, 7) is 0.926. The number of carbonyl (C=O) groups is 1. The van der Waals surface area contributed by atoms with Crippen molar-refractivity contribution >= 4 is 17.3 Å². The van der Waals surface area contributed by atoms with Crippen molar-refractivity contribution < 1.29 is 9.72 Å². The number of hydrogen-bond acceptors (Lipinski definition) is 4. The lowest BCUT2D eigenvalue weighted by molar-refractivity contribution is -0.384. The molecule has 0 unspecified atom stereocenters. The molecular formula is C22H21N3O3. The van der Waals surface area contributed by atoms with Gasteiger partial charge in [0.25, 0.3) is 11.6 Å². The quantitative estimate of drug-likeness (QED) is 0.457. The SMILES string of the molecule is O=C(NCCc1ccccc1)c1ccc(NCc2ccccc2)c([N+](=O)[O-])c1. The van der Waals surface area contributed by atoms with E-state index in [0.29, 0.717) is 25.2 Å². The molecule has 6 nitrogen and oxygen atoms in total. The van der Waals surface area contributed by atoms with Crippen molar-refractivity contribution in [3.8, 4) is 0 Å². The highest BCUT2D eigenvalue weighted by atomic mass is 16.6. The van der Waals surface area contributed by atoms with Gasteiger partial charge in [0.05, 0.1) is 4.92 Å². The number of nitrogens with zero attached hydrogens (tertiary/aromatic N) is 1. The summed E-state index contributed by atoms with van der Waals surface area (Å²) in [6, 6.07) is 23.9. The maximum Gasteiger partial charge on any atom is 0.293 e. The van der Waals surface area contributed by atoms with Crippen molar-refractivity contribution in [3.63, 3.8) is 0 Å². The average molecular weight is 375 g/mol. The molecule has 1 amide bonds. The minimum atomic E-state index is -0.478. The number of amides is 1. The van der Waals surface area contributed by atoms with Gasteiger partial charge in [-0.1, -0.05) is 60.7 Å². The first-order chi connectivity index (χ1) is 13.6. The third-order valence-corrected chi connectivity index (χ3v) is 4.32. The van der Waals surface area contributed by atoms with Gasteiger partial charge in [0, 0.05) is 24.7 Å². The molecule has 3 aromatic rings. The summed E-state index contributed by atoms with van der Waals surface area (Å²) in [6.07, 6.45) is 0.700. The van der Waals surface area contributed by atoms with Crippen LogP contribution in [0.15, 0.2) is 78.9 Å². The first kappa shape index (κ1) is 19.1. The Morgan fingerprint density at radius 3 is 2.18 bits per heavy atom. The molecular weight excluding hydrogens is 354 g/mol. The Kier molecular flexibility index (Phi) is 6.36. The van der Waals surface area contributed by atoms with Crippen LogP contribution in [0, 0.1) is 10.1 Å². The maximum atomic E-state index is 12.3. The van der Waals surface area contributed by atoms with Gasteiger partial charge in [0.1, 0.15) is 5.69 Å². The van der Waals surface area contributed by atoms with Crippen LogP contribution < -0.4 is 10.6 Å². The van der Waals surface area contributed by atoms with Crippen LogP contribution in [0.1, 0.15) is 21.5 Å². The monoisotopic (exact) mass is 375 g/mol. The summed E-state index contributed by atoms with van der Waals surface area (Å²) >= 11 is 0. The summed E-state index contributed by atoms with van der Waals surface area (Å²) in [7, 11) is 0. The summed E-state index contributed by atoms with van der Waals surface area (Å²) < 4.78 is 0.